The van der Waals surface area contributed by atoms with Crippen LogP contribution >= 0.6 is 11.7 Å². The minimum Gasteiger partial charge on any atom is -0.278 e. The molecule has 0 unspecified atom stereocenters. The molecule has 4 aliphatic rings. The Hall–Kier alpha value is -1.58. The van der Waals surface area contributed by atoms with E-state index >= 15 is 0 Å². The fourth-order valence-corrected chi connectivity index (χ4v) is 7.70. The van der Waals surface area contributed by atoms with Crippen LogP contribution in [0.2, 0.25) is 0 Å². The van der Waals surface area contributed by atoms with Crippen molar-refractivity contribution in [2.24, 2.45) is 23.2 Å². The summed E-state index contributed by atoms with van der Waals surface area (Å²) >= 11 is 0.965. The van der Waals surface area contributed by atoms with Crippen molar-refractivity contribution in [1.29, 1.82) is 0 Å². The third-order valence-corrected chi connectivity index (χ3v) is 8.39. The van der Waals surface area contributed by atoms with Crippen LogP contribution in [0.5, 0.6) is 0 Å². The molecule has 1 aromatic carbocycles. The Morgan fingerprint density at radius 1 is 1.11 bits per heavy atom. The number of amides is 1. The highest BCUT2D eigenvalue weighted by atomic mass is 32.2. The summed E-state index contributed by atoms with van der Waals surface area (Å²) in [6, 6.07) is 4.80. The van der Waals surface area contributed by atoms with Gasteiger partial charge in [-0.05, 0) is 73.8 Å². The lowest BCUT2D eigenvalue weighted by molar-refractivity contribution is -0.129. The average molecular weight is 407 g/mol. The summed E-state index contributed by atoms with van der Waals surface area (Å²) in [4.78, 5) is 14.8. The molecule has 0 radical (unpaired) electrons. The molecule has 27 heavy (non-hydrogen) atoms. The molecule has 4 fully saturated rings. The number of carbonyl (C=O) groups is 1. The van der Waals surface area contributed by atoms with Crippen LogP contribution < -0.4 is 10.3 Å². The number of nitrogens with one attached hydrogen (secondary N) is 2. The Balaban J connectivity index is 1.27. The monoisotopic (exact) mass is 406 g/mol. The van der Waals surface area contributed by atoms with Crippen LogP contribution in [0.15, 0.2) is 23.1 Å². The van der Waals surface area contributed by atoms with E-state index in [0.29, 0.717) is 17.5 Å². The topological polar surface area (TPSA) is 101 Å². The van der Waals surface area contributed by atoms with Crippen LogP contribution in [0, 0.1) is 23.2 Å². The van der Waals surface area contributed by atoms with E-state index in [1.165, 1.54) is 25.3 Å². The third kappa shape index (κ3) is 3.15. The molecule has 4 aliphatic carbocycles. The molecule has 9 heteroatoms. The van der Waals surface area contributed by atoms with E-state index in [2.05, 4.69) is 19.0 Å². The molecule has 1 amide bonds. The van der Waals surface area contributed by atoms with Gasteiger partial charge in [0.05, 0.1) is 11.7 Å². The molecule has 1 heterocycles. The Morgan fingerprint density at radius 2 is 1.78 bits per heavy atom. The summed E-state index contributed by atoms with van der Waals surface area (Å²) in [7, 11) is -3.90. The highest BCUT2D eigenvalue weighted by molar-refractivity contribution is 7.89. The molecule has 0 saturated heterocycles. The van der Waals surface area contributed by atoms with E-state index in [4.69, 9.17) is 0 Å². The lowest BCUT2D eigenvalue weighted by atomic mass is 9.49. The maximum atomic E-state index is 12.6. The van der Waals surface area contributed by atoms with Gasteiger partial charge < -0.3 is 0 Å². The summed E-state index contributed by atoms with van der Waals surface area (Å²) in [5.74, 6) is 2.03. The van der Waals surface area contributed by atoms with Crippen LogP contribution in [-0.2, 0) is 14.8 Å². The van der Waals surface area contributed by atoms with Crippen LogP contribution in [-0.4, -0.2) is 23.1 Å². The first-order valence-corrected chi connectivity index (χ1v) is 11.7. The second-order valence-electron chi connectivity index (χ2n) is 8.64. The molecular weight excluding hydrogens is 384 g/mol. The van der Waals surface area contributed by atoms with Gasteiger partial charge >= 0.3 is 0 Å². The predicted molar refractivity (Wildman–Crippen MR) is 101 cm³/mol. The second kappa shape index (κ2) is 6.22. The minimum absolute atomic E-state index is 0.0313. The van der Waals surface area contributed by atoms with Gasteiger partial charge in [0.2, 0.25) is 5.91 Å². The molecule has 7 nitrogen and oxygen atoms in total. The van der Waals surface area contributed by atoms with Gasteiger partial charge in [-0.3, -0.25) is 10.2 Å². The summed E-state index contributed by atoms with van der Waals surface area (Å²) in [6.45, 7) is 0. The van der Waals surface area contributed by atoms with Gasteiger partial charge in [0.15, 0.2) is 0 Å². The number of nitrogens with zero attached hydrogens (tertiary/aromatic N) is 2. The molecule has 4 saturated carbocycles. The lowest BCUT2D eigenvalue weighted by Crippen LogP contribution is -2.50. The molecule has 2 N–H and O–H groups in total. The molecule has 144 valence electrons. The highest BCUT2D eigenvalue weighted by Gasteiger charge is 2.51. The number of fused-ring (bicyclic) bond motifs is 1. The number of benzene rings is 1. The van der Waals surface area contributed by atoms with E-state index in [0.717, 1.165) is 48.7 Å². The molecule has 0 atom stereocenters. The molecular formula is C18H22N4O3S2. The minimum atomic E-state index is -3.90. The Labute approximate surface area is 162 Å². The van der Waals surface area contributed by atoms with Gasteiger partial charge in [-0.2, -0.15) is 8.75 Å². The maximum absolute atomic E-state index is 12.6. The maximum Gasteiger partial charge on any atom is 0.259 e. The lowest BCUT2D eigenvalue weighted by Gasteiger charge is -2.56. The van der Waals surface area contributed by atoms with Crippen molar-refractivity contribution in [3.63, 3.8) is 0 Å². The van der Waals surface area contributed by atoms with Gasteiger partial charge in [0.1, 0.15) is 15.9 Å². The van der Waals surface area contributed by atoms with Crippen molar-refractivity contribution < 1.29 is 13.2 Å². The Kier molecular flexibility index (Phi) is 4.03. The predicted octanol–water partition coefficient (Wildman–Crippen LogP) is 2.61. The van der Waals surface area contributed by atoms with Crippen LogP contribution in [0.4, 0.5) is 0 Å². The number of hydrogen-bond donors (Lipinski definition) is 2. The highest BCUT2D eigenvalue weighted by Crippen LogP contribution is 2.61. The first-order chi connectivity index (χ1) is 12.9. The van der Waals surface area contributed by atoms with Crippen LogP contribution in [0.3, 0.4) is 0 Å². The fourth-order valence-electron chi connectivity index (χ4n) is 6.07. The number of sulfonamides is 1. The first kappa shape index (κ1) is 17.5. The zero-order valence-corrected chi connectivity index (χ0v) is 16.5. The van der Waals surface area contributed by atoms with Crippen molar-refractivity contribution in [3.8, 4) is 0 Å². The van der Waals surface area contributed by atoms with E-state index in [1.807, 2.05) is 0 Å². The van der Waals surface area contributed by atoms with E-state index in [9.17, 15) is 13.2 Å². The van der Waals surface area contributed by atoms with E-state index in [-0.39, 0.29) is 16.2 Å². The number of hydrogen-bond acceptors (Lipinski definition) is 6. The number of carbonyl (C=O) groups excluding carboxylic acids is 1. The Bertz CT molecular complexity index is 966. The van der Waals surface area contributed by atoms with E-state index < -0.39 is 10.0 Å². The number of hydrazine groups is 1. The molecule has 2 aromatic rings. The van der Waals surface area contributed by atoms with Crippen molar-refractivity contribution in [1.82, 2.24) is 19.0 Å². The van der Waals surface area contributed by atoms with Crippen molar-refractivity contribution in [2.75, 3.05) is 0 Å². The van der Waals surface area contributed by atoms with Gasteiger partial charge in [-0.15, -0.1) is 4.83 Å². The first-order valence-electron chi connectivity index (χ1n) is 9.44. The molecule has 6 rings (SSSR count). The smallest absolute Gasteiger partial charge is 0.259 e. The second-order valence-corrected chi connectivity index (χ2v) is 10.8. The standard InChI is InChI=1S/C18H22N4O3S2/c23-16(10-18-7-11-4-12(8-18)6-13(5-11)9-18)19-22-27(24,25)15-3-1-2-14-17(15)21-26-20-14/h1-3,11-13,22H,4-10H2,(H,19,23). The largest absolute Gasteiger partial charge is 0.278 e. The number of aromatic nitrogens is 2. The zero-order valence-electron chi connectivity index (χ0n) is 14.8. The van der Waals surface area contributed by atoms with Crippen LogP contribution in [0.1, 0.15) is 44.9 Å². The normalized spacial score (nSPS) is 32.1. The zero-order chi connectivity index (χ0) is 18.6. The third-order valence-electron chi connectivity index (χ3n) is 6.56. The average Bonchev–Trinajstić information content (AvgIpc) is 3.07. The van der Waals surface area contributed by atoms with Gasteiger partial charge in [-0.1, -0.05) is 6.07 Å². The molecule has 4 bridgehead atoms. The summed E-state index contributed by atoms with van der Waals surface area (Å²) < 4.78 is 33.4. The fraction of sp³-hybridized carbons (Fsp3) is 0.611. The van der Waals surface area contributed by atoms with Gasteiger partial charge in [0.25, 0.3) is 10.0 Å². The molecule has 0 aliphatic heterocycles. The van der Waals surface area contributed by atoms with Gasteiger partial charge in [-0.25, -0.2) is 8.42 Å². The summed E-state index contributed by atoms with van der Waals surface area (Å²) in [6.07, 6.45) is 7.70. The summed E-state index contributed by atoms with van der Waals surface area (Å²) in [5, 5.41) is 0. The molecule has 1 aromatic heterocycles. The summed E-state index contributed by atoms with van der Waals surface area (Å²) in [5.41, 5.74) is 3.36. The quantitative estimate of drug-likeness (QED) is 0.744. The van der Waals surface area contributed by atoms with Crippen LogP contribution in [0.25, 0.3) is 11.0 Å². The van der Waals surface area contributed by atoms with Crippen molar-refractivity contribution >= 4 is 38.7 Å². The van der Waals surface area contributed by atoms with Crippen molar-refractivity contribution in [2.45, 2.75) is 49.8 Å². The molecule has 0 spiro atoms. The Morgan fingerprint density at radius 3 is 2.44 bits per heavy atom. The van der Waals surface area contributed by atoms with Crippen molar-refractivity contribution in [3.05, 3.63) is 18.2 Å². The van der Waals surface area contributed by atoms with Gasteiger partial charge in [0, 0.05) is 6.42 Å². The number of rotatable bonds is 5. The SMILES string of the molecule is O=C(CC12CC3CC(CC(C3)C1)C2)NNS(=O)(=O)c1cccc2nsnc12. The van der Waals surface area contributed by atoms with E-state index in [1.54, 1.807) is 12.1 Å².